The Balaban J connectivity index is 2.17. The van der Waals surface area contributed by atoms with Crippen molar-refractivity contribution in [3.05, 3.63) is 29.8 Å². The third-order valence-electron chi connectivity index (χ3n) is 3.97. The van der Waals surface area contributed by atoms with Gasteiger partial charge in [0.2, 0.25) is 10.0 Å². The minimum atomic E-state index is -3.64. The molecule has 0 amide bonds. The normalized spacial score (nSPS) is 13.6. The van der Waals surface area contributed by atoms with Gasteiger partial charge in [0.25, 0.3) is 0 Å². The van der Waals surface area contributed by atoms with Gasteiger partial charge in [-0.3, -0.25) is 4.79 Å². The highest BCUT2D eigenvalue weighted by molar-refractivity contribution is 7.99. The molecule has 0 aliphatic carbocycles. The van der Waals surface area contributed by atoms with Gasteiger partial charge in [0, 0.05) is 5.75 Å². The van der Waals surface area contributed by atoms with Crippen molar-refractivity contribution in [3.63, 3.8) is 0 Å². The molecule has 0 radical (unpaired) electrons. The summed E-state index contributed by atoms with van der Waals surface area (Å²) in [5, 5.41) is 24.1. The molecule has 7 nitrogen and oxygen atoms in total. The van der Waals surface area contributed by atoms with Crippen molar-refractivity contribution in [2.24, 2.45) is 5.14 Å². The van der Waals surface area contributed by atoms with E-state index in [9.17, 15) is 18.3 Å². The Morgan fingerprint density at radius 2 is 1.89 bits per heavy atom. The van der Waals surface area contributed by atoms with Crippen LogP contribution in [0.1, 0.15) is 37.7 Å². The molecule has 0 aliphatic heterocycles. The Morgan fingerprint density at radius 3 is 2.44 bits per heavy atom. The van der Waals surface area contributed by atoms with Crippen molar-refractivity contribution in [3.8, 4) is 6.07 Å². The van der Waals surface area contributed by atoms with Crippen LogP contribution in [-0.2, 0) is 26.0 Å². The number of aliphatic hydroxyl groups is 1. The van der Waals surface area contributed by atoms with Gasteiger partial charge in [0.1, 0.15) is 0 Å². The van der Waals surface area contributed by atoms with E-state index in [2.05, 4.69) is 4.74 Å². The number of nitrogens with two attached hydrogens (primary N) is 1. The number of methoxy groups -OCH3 is 1. The van der Waals surface area contributed by atoms with Gasteiger partial charge in [-0.25, -0.2) is 13.6 Å². The number of primary sulfonamides is 1. The molecule has 0 spiro atoms. The largest absolute Gasteiger partial charge is 0.469 e. The molecule has 150 valence electrons. The lowest BCUT2D eigenvalue weighted by Gasteiger charge is -2.18. The summed E-state index contributed by atoms with van der Waals surface area (Å²) in [4.78, 5) is 11.3. The number of nitriles is 1. The van der Waals surface area contributed by atoms with Crippen molar-refractivity contribution < 1.29 is 23.1 Å². The molecule has 1 aromatic rings. The zero-order chi connectivity index (χ0) is 20.3. The second kappa shape index (κ2) is 11.3. The van der Waals surface area contributed by atoms with E-state index < -0.39 is 21.6 Å². The van der Waals surface area contributed by atoms with E-state index in [-0.39, 0.29) is 17.1 Å². The lowest BCUT2D eigenvalue weighted by molar-refractivity contribution is -0.143. The minimum Gasteiger partial charge on any atom is -0.469 e. The number of hydrogen-bond acceptors (Lipinski definition) is 7. The number of sulfonamides is 1. The van der Waals surface area contributed by atoms with Gasteiger partial charge in [-0.15, -0.1) is 0 Å². The van der Waals surface area contributed by atoms with Crippen LogP contribution >= 0.6 is 11.8 Å². The van der Waals surface area contributed by atoms with E-state index in [1.807, 2.05) is 0 Å². The van der Waals surface area contributed by atoms with E-state index in [4.69, 9.17) is 10.4 Å². The summed E-state index contributed by atoms with van der Waals surface area (Å²) in [6.45, 7) is 0. The standard InChI is InChI=1S/C18H26N2O5S2/c1-25-17(21)12-18(22,13-19)14-26-11-5-3-2-4-6-15-7-9-16(10-8-15)27(20,23)24/h7-10,22H,2-6,11-12,14H2,1H3,(H2,20,23,24). The van der Waals surface area contributed by atoms with Gasteiger partial charge in [0.05, 0.1) is 24.5 Å². The second-order valence-electron chi connectivity index (χ2n) is 6.30. The molecule has 0 bridgehead atoms. The summed E-state index contributed by atoms with van der Waals surface area (Å²) >= 11 is 1.45. The molecule has 0 fully saturated rings. The van der Waals surface area contributed by atoms with Crippen molar-refractivity contribution in [1.82, 2.24) is 0 Å². The zero-order valence-corrected chi connectivity index (χ0v) is 17.0. The maximum Gasteiger partial charge on any atom is 0.309 e. The van der Waals surface area contributed by atoms with Crippen LogP contribution in [-0.4, -0.2) is 43.7 Å². The summed E-state index contributed by atoms with van der Waals surface area (Å²) < 4.78 is 26.9. The summed E-state index contributed by atoms with van der Waals surface area (Å²) in [5.41, 5.74) is -0.611. The first kappa shape index (κ1) is 23.4. The topological polar surface area (TPSA) is 130 Å². The highest BCUT2D eigenvalue weighted by Crippen LogP contribution is 2.19. The quantitative estimate of drug-likeness (QED) is 0.304. The molecule has 9 heteroatoms. The fourth-order valence-electron chi connectivity index (χ4n) is 2.41. The number of hydrogen-bond donors (Lipinski definition) is 2. The van der Waals surface area contributed by atoms with Gasteiger partial charge in [-0.2, -0.15) is 17.0 Å². The van der Waals surface area contributed by atoms with Gasteiger partial charge >= 0.3 is 5.97 Å². The number of unbranched alkanes of at least 4 members (excludes halogenated alkanes) is 3. The summed E-state index contributed by atoms with van der Waals surface area (Å²) in [5.74, 6) is 0.375. The number of ether oxygens (including phenoxy) is 1. The van der Waals surface area contributed by atoms with Crippen LogP contribution < -0.4 is 5.14 Å². The average molecular weight is 415 g/mol. The van der Waals surface area contributed by atoms with Gasteiger partial charge in [0.15, 0.2) is 5.60 Å². The third kappa shape index (κ3) is 9.24. The van der Waals surface area contributed by atoms with Crippen molar-refractivity contribution >= 4 is 27.8 Å². The number of thioether (sulfide) groups is 1. The van der Waals surface area contributed by atoms with Crippen molar-refractivity contribution in [2.75, 3.05) is 18.6 Å². The van der Waals surface area contributed by atoms with Crippen LogP contribution in [0.15, 0.2) is 29.2 Å². The number of rotatable bonds is 12. The first-order valence-electron chi connectivity index (χ1n) is 8.60. The summed E-state index contributed by atoms with van der Waals surface area (Å²) in [6.07, 6.45) is 4.54. The number of carbonyl (C=O) groups excluding carboxylic acids is 1. The second-order valence-corrected chi connectivity index (χ2v) is 8.97. The third-order valence-corrected chi connectivity index (χ3v) is 6.16. The van der Waals surface area contributed by atoms with Gasteiger partial charge in [-0.1, -0.05) is 25.0 Å². The fourth-order valence-corrected chi connectivity index (χ4v) is 3.98. The average Bonchev–Trinajstić information content (AvgIpc) is 2.63. The first-order chi connectivity index (χ1) is 12.7. The molecule has 1 unspecified atom stereocenters. The highest BCUT2D eigenvalue weighted by Gasteiger charge is 2.30. The van der Waals surface area contributed by atoms with Crippen LogP contribution in [0.5, 0.6) is 0 Å². The molecule has 1 aromatic carbocycles. The molecule has 27 heavy (non-hydrogen) atoms. The Bertz CT molecular complexity index is 744. The number of benzene rings is 1. The maximum absolute atomic E-state index is 11.2. The van der Waals surface area contributed by atoms with Crippen LogP contribution in [0, 0.1) is 11.3 Å². The number of carbonyl (C=O) groups is 1. The van der Waals surface area contributed by atoms with Crippen LogP contribution in [0.25, 0.3) is 0 Å². The zero-order valence-electron chi connectivity index (χ0n) is 15.4. The molecule has 1 rings (SSSR count). The molecular formula is C18H26N2O5S2. The van der Waals surface area contributed by atoms with E-state index in [0.717, 1.165) is 43.4 Å². The Kier molecular flexibility index (Phi) is 9.80. The number of nitrogens with zero attached hydrogens (tertiary/aromatic N) is 1. The highest BCUT2D eigenvalue weighted by atomic mass is 32.2. The minimum absolute atomic E-state index is 0.118. The van der Waals surface area contributed by atoms with Gasteiger partial charge in [-0.05, 0) is 42.7 Å². The van der Waals surface area contributed by atoms with Crippen LogP contribution in [0.3, 0.4) is 0 Å². The van der Waals surface area contributed by atoms with Crippen molar-refractivity contribution in [1.29, 1.82) is 5.26 Å². The van der Waals surface area contributed by atoms with E-state index in [1.54, 1.807) is 18.2 Å². The van der Waals surface area contributed by atoms with Crippen LogP contribution in [0.4, 0.5) is 0 Å². The van der Waals surface area contributed by atoms with E-state index >= 15 is 0 Å². The monoisotopic (exact) mass is 414 g/mol. The van der Waals surface area contributed by atoms with Gasteiger partial charge < -0.3 is 9.84 Å². The summed E-state index contributed by atoms with van der Waals surface area (Å²) in [6, 6.07) is 8.37. The fraction of sp³-hybridized carbons (Fsp3) is 0.556. The van der Waals surface area contributed by atoms with E-state index in [0.29, 0.717) is 0 Å². The molecule has 3 N–H and O–H groups in total. The SMILES string of the molecule is COC(=O)CC(O)(C#N)CSCCCCCCc1ccc(S(N)(=O)=O)cc1. The Morgan fingerprint density at radius 1 is 1.26 bits per heavy atom. The Labute approximate surface area is 164 Å². The molecular weight excluding hydrogens is 388 g/mol. The predicted molar refractivity (Wildman–Crippen MR) is 105 cm³/mol. The lowest BCUT2D eigenvalue weighted by Crippen LogP contribution is -2.33. The Hall–Kier alpha value is -1.60. The molecule has 0 heterocycles. The molecule has 0 saturated carbocycles. The van der Waals surface area contributed by atoms with Crippen LogP contribution in [0.2, 0.25) is 0 Å². The predicted octanol–water partition coefficient (Wildman–Crippen LogP) is 1.99. The number of aryl methyl sites for hydroxylation is 1. The number of esters is 1. The lowest BCUT2D eigenvalue weighted by atomic mass is 10.1. The molecule has 0 aliphatic rings. The molecule has 0 aromatic heterocycles. The molecule has 1 atom stereocenters. The van der Waals surface area contributed by atoms with Crippen molar-refractivity contribution in [2.45, 2.75) is 49.0 Å². The maximum atomic E-state index is 11.2. The summed E-state index contributed by atoms with van der Waals surface area (Å²) in [7, 11) is -2.42. The van der Waals surface area contributed by atoms with E-state index in [1.165, 1.54) is 31.0 Å². The smallest absolute Gasteiger partial charge is 0.309 e. The first-order valence-corrected chi connectivity index (χ1v) is 11.3. The molecule has 0 saturated heterocycles.